The van der Waals surface area contributed by atoms with E-state index in [-0.39, 0.29) is 5.56 Å². The van der Waals surface area contributed by atoms with Gasteiger partial charge in [0.1, 0.15) is 0 Å². The van der Waals surface area contributed by atoms with Crippen molar-refractivity contribution in [2.75, 3.05) is 24.6 Å². The molecule has 1 fully saturated rings. The summed E-state index contributed by atoms with van der Waals surface area (Å²) in [6, 6.07) is 7.47. The van der Waals surface area contributed by atoms with E-state index >= 15 is 0 Å². The second-order valence-corrected chi connectivity index (χ2v) is 6.93. The van der Waals surface area contributed by atoms with Crippen LogP contribution in [0.5, 0.6) is 0 Å². The highest BCUT2D eigenvalue weighted by Gasteiger charge is 2.20. The van der Waals surface area contributed by atoms with Crippen LogP contribution in [0.25, 0.3) is 21.1 Å². The molecule has 3 heterocycles. The number of anilines is 1. The van der Waals surface area contributed by atoms with Crippen LogP contribution in [0.15, 0.2) is 29.1 Å². The van der Waals surface area contributed by atoms with E-state index in [2.05, 4.69) is 28.0 Å². The molecule has 4 rings (SSSR count). The number of hydrogen-bond acceptors (Lipinski definition) is 5. The number of benzene rings is 1. The lowest BCUT2D eigenvalue weighted by Crippen LogP contribution is -2.45. The van der Waals surface area contributed by atoms with Crippen molar-refractivity contribution in [2.24, 2.45) is 0 Å². The number of nitrogens with one attached hydrogen (secondary N) is 1. The maximum Gasteiger partial charge on any atom is 0.248 e. The molecule has 0 spiro atoms. The number of nitrogens with zero attached hydrogens (tertiary/aromatic N) is 3. The third kappa shape index (κ3) is 2.62. The van der Waals surface area contributed by atoms with E-state index in [1.165, 1.54) is 19.3 Å². The number of rotatable bonds is 3. The van der Waals surface area contributed by atoms with Crippen LogP contribution in [-0.2, 0) is 0 Å². The van der Waals surface area contributed by atoms with Crippen LogP contribution in [0.1, 0.15) is 26.2 Å². The Bertz CT molecular complexity index is 894. The van der Waals surface area contributed by atoms with Gasteiger partial charge in [-0.25, -0.2) is 9.99 Å². The number of piperidine rings is 1. The van der Waals surface area contributed by atoms with E-state index in [0.717, 1.165) is 45.9 Å². The summed E-state index contributed by atoms with van der Waals surface area (Å²) in [7, 11) is 0. The zero-order chi connectivity index (χ0) is 15.8. The first-order chi connectivity index (χ1) is 11.3. The van der Waals surface area contributed by atoms with Crippen LogP contribution >= 0.6 is 11.3 Å². The van der Waals surface area contributed by atoms with Gasteiger partial charge in [0.15, 0.2) is 0 Å². The van der Waals surface area contributed by atoms with Crippen molar-refractivity contribution in [3.05, 3.63) is 34.6 Å². The Hall–Kier alpha value is -1.92. The number of hydrazine groups is 1. The Morgan fingerprint density at radius 3 is 2.83 bits per heavy atom. The van der Waals surface area contributed by atoms with Gasteiger partial charge < -0.3 is 4.98 Å². The number of aromatic nitrogens is 2. The topological polar surface area (TPSA) is 52.2 Å². The molecule has 1 aliphatic rings. The molecule has 2 aromatic heterocycles. The summed E-state index contributed by atoms with van der Waals surface area (Å²) in [6.45, 7) is 5.32. The van der Waals surface area contributed by atoms with Crippen LogP contribution in [0.3, 0.4) is 0 Å². The Balaban J connectivity index is 1.81. The van der Waals surface area contributed by atoms with Crippen molar-refractivity contribution in [1.29, 1.82) is 0 Å². The first-order valence-electron chi connectivity index (χ1n) is 8.21. The van der Waals surface area contributed by atoms with Crippen molar-refractivity contribution in [3.63, 3.8) is 0 Å². The third-order valence-electron chi connectivity index (χ3n) is 4.44. The molecule has 1 aromatic carbocycles. The standard InChI is InChI=1S/C17H20N4OS/c1-2-21(20-10-4-3-5-11-20)17-19-16-12-6-9-15(22)18-13(12)7-8-14(16)23-17/h6-9H,2-5,10-11H2,1H3,(H,18,22). The van der Waals surface area contributed by atoms with Gasteiger partial charge >= 0.3 is 0 Å². The highest BCUT2D eigenvalue weighted by atomic mass is 32.1. The molecule has 1 N–H and O–H groups in total. The molecule has 0 unspecified atom stereocenters. The summed E-state index contributed by atoms with van der Waals surface area (Å²) < 4.78 is 1.16. The molecular weight excluding hydrogens is 308 g/mol. The molecule has 1 aliphatic heterocycles. The maximum atomic E-state index is 11.5. The molecule has 5 nitrogen and oxygen atoms in total. The molecule has 6 heteroatoms. The van der Waals surface area contributed by atoms with Gasteiger partial charge in [-0.2, -0.15) is 0 Å². The average Bonchev–Trinajstić information content (AvgIpc) is 3.00. The predicted octanol–water partition coefficient (Wildman–Crippen LogP) is 3.37. The number of thiazole rings is 1. The molecule has 0 saturated carbocycles. The Labute approximate surface area is 138 Å². The Morgan fingerprint density at radius 1 is 1.22 bits per heavy atom. The molecule has 0 amide bonds. The number of pyridine rings is 1. The normalized spacial score (nSPS) is 16.2. The summed E-state index contributed by atoms with van der Waals surface area (Å²) in [5.74, 6) is 0. The van der Waals surface area contributed by atoms with Crippen LogP contribution in [0.2, 0.25) is 0 Å². The third-order valence-corrected chi connectivity index (χ3v) is 5.48. The quantitative estimate of drug-likeness (QED) is 0.801. The van der Waals surface area contributed by atoms with Crippen LogP contribution < -0.4 is 10.6 Å². The monoisotopic (exact) mass is 328 g/mol. The smallest absolute Gasteiger partial charge is 0.248 e. The number of H-pyrrole nitrogens is 1. The highest BCUT2D eigenvalue weighted by Crippen LogP contribution is 2.33. The lowest BCUT2D eigenvalue weighted by molar-refractivity contribution is 0.210. The molecular formula is C17H20N4OS. The second-order valence-electron chi connectivity index (χ2n) is 5.92. The van der Waals surface area contributed by atoms with Crippen LogP contribution in [-0.4, -0.2) is 34.6 Å². The molecule has 0 bridgehead atoms. The first-order valence-corrected chi connectivity index (χ1v) is 9.03. The SMILES string of the molecule is CCN(c1nc2c(ccc3[nH]c(=O)ccc32)s1)N1CCCCC1. The number of aromatic amines is 1. The molecule has 0 aliphatic carbocycles. The van der Waals surface area contributed by atoms with Gasteiger partial charge in [-0.1, -0.05) is 17.8 Å². The number of fused-ring (bicyclic) bond motifs is 3. The molecule has 23 heavy (non-hydrogen) atoms. The second kappa shape index (κ2) is 5.94. The molecule has 120 valence electrons. The minimum atomic E-state index is -0.0733. The molecule has 1 saturated heterocycles. The van der Waals surface area contributed by atoms with Crippen molar-refractivity contribution >= 4 is 37.6 Å². The van der Waals surface area contributed by atoms with E-state index < -0.39 is 0 Å². The summed E-state index contributed by atoms with van der Waals surface area (Å²) in [6.07, 6.45) is 3.84. The van der Waals surface area contributed by atoms with Gasteiger partial charge in [0, 0.05) is 31.1 Å². The van der Waals surface area contributed by atoms with Gasteiger partial charge in [0.25, 0.3) is 0 Å². The van der Waals surface area contributed by atoms with Crippen molar-refractivity contribution in [1.82, 2.24) is 15.0 Å². The van der Waals surface area contributed by atoms with E-state index in [4.69, 9.17) is 4.98 Å². The van der Waals surface area contributed by atoms with Gasteiger partial charge in [-0.05, 0) is 38.0 Å². The van der Waals surface area contributed by atoms with E-state index in [1.807, 2.05) is 12.1 Å². The van der Waals surface area contributed by atoms with Crippen LogP contribution in [0.4, 0.5) is 5.13 Å². The lowest BCUT2D eigenvalue weighted by atomic mass is 10.2. The largest absolute Gasteiger partial charge is 0.322 e. The zero-order valence-corrected chi connectivity index (χ0v) is 14.0. The fourth-order valence-electron chi connectivity index (χ4n) is 3.30. The highest BCUT2D eigenvalue weighted by molar-refractivity contribution is 7.22. The summed E-state index contributed by atoms with van der Waals surface area (Å²) in [5, 5.41) is 6.79. The molecule has 0 atom stereocenters. The fourth-order valence-corrected chi connectivity index (χ4v) is 4.37. The minimum Gasteiger partial charge on any atom is -0.322 e. The van der Waals surface area contributed by atoms with Crippen LogP contribution in [0, 0.1) is 0 Å². The van der Waals surface area contributed by atoms with Crippen molar-refractivity contribution < 1.29 is 0 Å². The van der Waals surface area contributed by atoms with Gasteiger partial charge in [0.05, 0.1) is 15.7 Å². The fraction of sp³-hybridized carbons (Fsp3) is 0.412. The van der Waals surface area contributed by atoms with E-state index in [1.54, 1.807) is 17.4 Å². The molecule has 3 aromatic rings. The van der Waals surface area contributed by atoms with Gasteiger partial charge in [0.2, 0.25) is 10.7 Å². The Kier molecular flexibility index (Phi) is 3.79. The Morgan fingerprint density at radius 2 is 2.04 bits per heavy atom. The average molecular weight is 328 g/mol. The maximum absolute atomic E-state index is 11.5. The predicted molar refractivity (Wildman–Crippen MR) is 96.2 cm³/mol. The van der Waals surface area contributed by atoms with Crippen molar-refractivity contribution in [3.8, 4) is 0 Å². The van der Waals surface area contributed by atoms with E-state index in [9.17, 15) is 4.79 Å². The van der Waals surface area contributed by atoms with E-state index in [0.29, 0.717) is 0 Å². The van der Waals surface area contributed by atoms with Gasteiger partial charge in [-0.15, -0.1) is 0 Å². The first kappa shape index (κ1) is 14.7. The summed E-state index contributed by atoms with van der Waals surface area (Å²) in [5.41, 5.74) is 1.76. The number of hydrogen-bond donors (Lipinski definition) is 1. The molecule has 0 radical (unpaired) electrons. The zero-order valence-electron chi connectivity index (χ0n) is 13.2. The van der Waals surface area contributed by atoms with Gasteiger partial charge in [-0.3, -0.25) is 9.80 Å². The van der Waals surface area contributed by atoms with Crippen molar-refractivity contribution in [2.45, 2.75) is 26.2 Å². The lowest BCUT2D eigenvalue weighted by Gasteiger charge is -2.36. The minimum absolute atomic E-state index is 0.0733. The summed E-state index contributed by atoms with van der Waals surface area (Å²) in [4.78, 5) is 19.3. The summed E-state index contributed by atoms with van der Waals surface area (Å²) >= 11 is 1.72.